The summed E-state index contributed by atoms with van der Waals surface area (Å²) >= 11 is 0. The second kappa shape index (κ2) is 9.88. The molecule has 0 rings (SSSR count). The number of unbranched alkanes of at least 4 members (excludes halogenated alkanes) is 1. The van der Waals surface area contributed by atoms with Crippen LogP contribution in [-0.4, -0.2) is 38.1 Å². The van der Waals surface area contributed by atoms with Gasteiger partial charge in [-0.25, -0.2) is 0 Å². The smallest absolute Gasteiger partial charge is 0.322 e. The second-order valence-corrected chi connectivity index (χ2v) is 4.80. The minimum Gasteiger partial charge on any atom is -0.468 e. The molecule has 0 aliphatic heterocycles. The average molecular weight is 258 g/mol. The summed E-state index contributed by atoms with van der Waals surface area (Å²) < 4.78 is 4.71. The average Bonchev–Trinajstić information content (AvgIpc) is 2.35. The summed E-state index contributed by atoms with van der Waals surface area (Å²) in [6, 6.07) is -0.389. The van der Waals surface area contributed by atoms with Gasteiger partial charge in [0.2, 0.25) is 5.91 Å². The van der Waals surface area contributed by atoms with E-state index in [2.05, 4.69) is 17.6 Å². The molecule has 0 radical (unpaired) electrons. The highest BCUT2D eigenvalue weighted by Gasteiger charge is 2.18. The molecule has 1 atom stereocenters. The Kier molecular flexibility index (Phi) is 9.28. The van der Waals surface area contributed by atoms with E-state index < -0.39 is 0 Å². The van der Waals surface area contributed by atoms with Gasteiger partial charge in [0.05, 0.1) is 13.7 Å². The summed E-state index contributed by atoms with van der Waals surface area (Å²) in [5, 5.41) is 5.74. The third-order valence-electron chi connectivity index (χ3n) is 2.55. The van der Waals surface area contributed by atoms with Crippen LogP contribution in [0.5, 0.6) is 0 Å². The van der Waals surface area contributed by atoms with Crippen LogP contribution < -0.4 is 10.6 Å². The number of nitrogens with one attached hydrogen (secondary N) is 2. The van der Waals surface area contributed by atoms with Gasteiger partial charge in [-0.1, -0.05) is 33.6 Å². The van der Waals surface area contributed by atoms with E-state index in [1.165, 1.54) is 7.11 Å². The van der Waals surface area contributed by atoms with Crippen LogP contribution in [0.15, 0.2) is 0 Å². The summed E-state index contributed by atoms with van der Waals surface area (Å²) in [7, 11) is 1.36. The Morgan fingerprint density at radius 3 is 2.44 bits per heavy atom. The molecule has 0 aromatic carbocycles. The zero-order chi connectivity index (χ0) is 14.0. The molecule has 2 N–H and O–H groups in total. The number of carbonyl (C=O) groups excluding carboxylic acids is 2. The standard InChI is InChI=1S/C13H26N2O3/c1-5-6-7-11(13(17)18-4)14-9-12(16)15-8-10(2)3/h10-11,14H,5-9H2,1-4H3,(H,15,16). The Morgan fingerprint density at radius 1 is 1.28 bits per heavy atom. The predicted molar refractivity (Wildman–Crippen MR) is 71.2 cm³/mol. The zero-order valence-corrected chi connectivity index (χ0v) is 11.9. The lowest BCUT2D eigenvalue weighted by molar-refractivity contribution is -0.143. The van der Waals surface area contributed by atoms with E-state index >= 15 is 0 Å². The Labute approximate surface area is 110 Å². The van der Waals surface area contributed by atoms with Crippen molar-refractivity contribution in [2.24, 2.45) is 5.92 Å². The maximum Gasteiger partial charge on any atom is 0.322 e. The molecule has 5 nitrogen and oxygen atoms in total. The monoisotopic (exact) mass is 258 g/mol. The van der Waals surface area contributed by atoms with Crippen molar-refractivity contribution in [1.82, 2.24) is 10.6 Å². The van der Waals surface area contributed by atoms with Crippen LogP contribution in [0.1, 0.15) is 40.0 Å². The molecular formula is C13H26N2O3. The van der Waals surface area contributed by atoms with Gasteiger partial charge in [0.25, 0.3) is 0 Å². The normalized spacial score (nSPS) is 12.3. The molecule has 0 spiro atoms. The molecule has 0 aliphatic carbocycles. The molecule has 1 unspecified atom stereocenters. The van der Waals surface area contributed by atoms with Crippen LogP contribution in [0.3, 0.4) is 0 Å². The number of ether oxygens (including phenoxy) is 1. The number of methoxy groups -OCH3 is 1. The van der Waals surface area contributed by atoms with Gasteiger partial charge >= 0.3 is 5.97 Å². The second-order valence-electron chi connectivity index (χ2n) is 4.80. The van der Waals surface area contributed by atoms with Gasteiger partial charge in [-0.2, -0.15) is 0 Å². The molecule has 0 aromatic heterocycles. The first-order valence-electron chi connectivity index (χ1n) is 6.59. The molecular weight excluding hydrogens is 232 g/mol. The van der Waals surface area contributed by atoms with Crippen molar-refractivity contribution in [3.05, 3.63) is 0 Å². The van der Waals surface area contributed by atoms with Gasteiger partial charge in [0.1, 0.15) is 6.04 Å². The Balaban J connectivity index is 4.01. The quantitative estimate of drug-likeness (QED) is 0.607. The lowest BCUT2D eigenvalue weighted by atomic mass is 10.1. The molecule has 18 heavy (non-hydrogen) atoms. The van der Waals surface area contributed by atoms with Crippen LogP contribution in [0.2, 0.25) is 0 Å². The molecule has 0 bridgehead atoms. The molecule has 0 saturated carbocycles. The van der Waals surface area contributed by atoms with Crippen molar-refractivity contribution in [1.29, 1.82) is 0 Å². The van der Waals surface area contributed by atoms with Crippen molar-refractivity contribution < 1.29 is 14.3 Å². The van der Waals surface area contributed by atoms with Crippen LogP contribution in [0.25, 0.3) is 0 Å². The fourth-order valence-corrected chi connectivity index (χ4v) is 1.45. The fourth-order valence-electron chi connectivity index (χ4n) is 1.45. The highest BCUT2D eigenvalue weighted by Crippen LogP contribution is 2.02. The van der Waals surface area contributed by atoms with E-state index in [0.717, 1.165) is 12.8 Å². The van der Waals surface area contributed by atoms with E-state index in [0.29, 0.717) is 18.9 Å². The highest BCUT2D eigenvalue weighted by atomic mass is 16.5. The molecule has 0 aliphatic rings. The zero-order valence-electron chi connectivity index (χ0n) is 11.9. The number of rotatable bonds is 9. The molecule has 0 fully saturated rings. The summed E-state index contributed by atoms with van der Waals surface area (Å²) in [6.07, 6.45) is 2.63. The van der Waals surface area contributed by atoms with Gasteiger partial charge < -0.3 is 10.1 Å². The van der Waals surface area contributed by atoms with Crippen molar-refractivity contribution in [3.63, 3.8) is 0 Å². The van der Waals surface area contributed by atoms with E-state index in [-0.39, 0.29) is 24.5 Å². The van der Waals surface area contributed by atoms with Gasteiger partial charge in [0.15, 0.2) is 0 Å². The van der Waals surface area contributed by atoms with E-state index in [1.54, 1.807) is 0 Å². The van der Waals surface area contributed by atoms with Gasteiger partial charge in [0, 0.05) is 6.54 Å². The van der Waals surface area contributed by atoms with E-state index in [1.807, 2.05) is 13.8 Å². The molecule has 0 aromatic rings. The highest BCUT2D eigenvalue weighted by molar-refractivity contribution is 5.80. The van der Waals surface area contributed by atoms with Gasteiger partial charge in [-0.15, -0.1) is 0 Å². The molecule has 106 valence electrons. The minimum absolute atomic E-state index is 0.0888. The molecule has 0 heterocycles. The number of carbonyl (C=O) groups is 2. The number of amides is 1. The lowest BCUT2D eigenvalue weighted by Crippen LogP contribution is -2.44. The first kappa shape index (κ1) is 16.9. The first-order valence-corrected chi connectivity index (χ1v) is 6.59. The largest absolute Gasteiger partial charge is 0.468 e. The summed E-state index contributed by atoms with van der Waals surface area (Å²) in [4.78, 5) is 23.0. The van der Waals surface area contributed by atoms with E-state index in [9.17, 15) is 9.59 Å². The van der Waals surface area contributed by atoms with Gasteiger partial charge in [-0.3, -0.25) is 14.9 Å². The Hall–Kier alpha value is -1.10. The van der Waals surface area contributed by atoms with E-state index in [4.69, 9.17) is 4.74 Å². The minimum atomic E-state index is -0.389. The maximum absolute atomic E-state index is 11.5. The molecule has 1 amide bonds. The van der Waals surface area contributed by atoms with Crippen LogP contribution in [-0.2, 0) is 14.3 Å². The van der Waals surface area contributed by atoms with Crippen LogP contribution in [0.4, 0.5) is 0 Å². The number of hydrogen-bond acceptors (Lipinski definition) is 4. The van der Waals surface area contributed by atoms with Gasteiger partial charge in [-0.05, 0) is 12.3 Å². The molecule has 5 heteroatoms. The van der Waals surface area contributed by atoms with Crippen molar-refractivity contribution in [3.8, 4) is 0 Å². The maximum atomic E-state index is 11.5. The predicted octanol–water partition coefficient (Wildman–Crippen LogP) is 1.08. The molecule has 0 saturated heterocycles. The summed E-state index contributed by atoms with van der Waals surface area (Å²) in [5.41, 5.74) is 0. The number of hydrogen-bond donors (Lipinski definition) is 2. The topological polar surface area (TPSA) is 67.4 Å². The van der Waals surface area contributed by atoms with Crippen molar-refractivity contribution >= 4 is 11.9 Å². The van der Waals surface area contributed by atoms with Crippen LogP contribution >= 0.6 is 0 Å². The summed E-state index contributed by atoms with van der Waals surface area (Å²) in [5.74, 6) is 0.0275. The lowest BCUT2D eigenvalue weighted by Gasteiger charge is -2.16. The van der Waals surface area contributed by atoms with Crippen molar-refractivity contribution in [2.75, 3.05) is 20.2 Å². The first-order chi connectivity index (χ1) is 8.51. The fraction of sp³-hybridized carbons (Fsp3) is 0.846. The Bertz CT molecular complexity index is 255. The third kappa shape index (κ3) is 8.06. The Morgan fingerprint density at radius 2 is 1.94 bits per heavy atom. The van der Waals surface area contributed by atoms with Crippen molar-refractivity contribution in [2.45, 2.75) is 46.1 Å². The summed E-state index contributed by atoms with van der Waals surface area (Å²) in [6.45, 7) is 6.93. The third-order valence-corrected chi connectivity index (χ3v) is 2.55. The van der Waals surface area contributed by atoms with Crippen LogP contribution in [0, 0.1) is 5.92 Å². The number of esters is 1. The SMILES string of the molecule is CCCCC(NCC(=O)NCC(C)C)C(=O)OC.